The maximum absolute atomic E-state index is 12.4. The van der Waals surface area contributed by atoms with Crippen molar-refractivity contribution in [1.29, 1.82) is 0 Å². The van der Waals surface area contributed by atoms with Crippen LogP contribution in [-0.4, -0.2) is 44.3 Å². The minimum Gasteiger partial charge on any atom is -0.497 e. The van der Waals surface area contributed by atoms with E-state index in [4.69, 9.17) is 23.7 Å². The minimum atomic E-state index is -0.615. The van der Waals surface area contributed by atoms with Crippen LogP contribution in [0.5, 0.6) is 11.5 Å². The third-order valence-electron chi connectivity index (χ3n) is 8.36. The number of aryl methyl sites for hydroxylation is 1. The number of esters is 3. The van der Waals surface area contributed by atoms with Crippen molar-refractivity contribution in [3.8, 4) is 11.5 Å². The molecule has 1 aliphatic carbocycles. The molecule has 0 heterocycles. The van der Waals surface area contributed by atoms with Crippen molar-refractivity contribution in [2.75, 3.05) is 20.3 Å². The van der Waals surface area contributed by atoms with Crippen molar-refractivity contribution in [2.45, 2.75) is 96.5 Å². The van der Waals surface area contributed by atoms with E-state index >= 15 is 0 Å². The molecule has 1 aliphatic rings. The number of carbonyl (C=O) groups excluding carboxylic acids is 3. The molecule has 3 rings (SSSR count). The molecule has 0 aliphatic heterocycles. The summed E-state index contributed by atoms with van der Waals surface area (Å²) in [7, 11) is 1.60. The van der Waals surface area contributed by atoms with Gasteiger partial charge in [-0.1, -0.05) is 57.2 Å². The molecule has 0 unspecified atom stereocenters. The van der Waals surface area contributed by atoms with Crippen LogP contribution in [0.3, 0.4) is 0 Å². The van der Waals surface area contributed by atoms with E-state index in [2.05, 4.69) is 20.1 Å². The van der Waals surface area contributed by atoms with E-state index in [-0.39, 0.29) is 24.7 Å². The second-order valence-electron chi connectivity index (χ2n) is 12.3. The third-order valence-corrected chi connectivity index (χ3v) is 8.36. The van der Waals surface area contributed by atoms with Gasteiger partial charge in [-0.2, -0.15) is 0 Å². The molecule has 8 nitrogen and oxygen atoms in total. The van der Waals surface area contributed by atoms with Crippen LogP contribution < -0.4 is 9.47 Å². The number of hydrogen-bond donors (Lipinski definition) is 0. The number of unbranched alkanes of at least 4 members (excludes halogenated alkanes) is 3. The van der Waals surface area contributed by atoms with Crippen molar-refractivity contribution in [3.63, 3.8) is 0 Å². The Kier molecular flexibility index (Phi) is 17.1. The number of hydrogen-bond acceptors (Lipinski definition) is 8. The molecule has 2 aromatic carbocycles. The second kappa shape index (κ2) is 21.5. The van der Waals surface area contributed by atoms with E-state index < -0.39 is 17.9 Å². The summed E-state index contributed by atoms with van der Waals surface area (Å²) in [6, 6.07) is 14.7. The monoisotopic (exact) mass is 660 g/mol. The number of rotatable bonds is 21. The molecule has 0 atom stereocenters. The summed E-state index contributed by atoms with van der Waals surface area (Å²) in [6.45, 7) is 10.6. The van der Waals surface area contributed by atoms with Gasteiger partial charge in [0, 0.05) is 18.1 Å². The Balaban J connectivity index is 1.20. The fourth-order valence-corrected chi connectivity index (χ4v) is 5.59. The third kappa shape index (κ3) is 15.1. The lowest BCUT2D eigenvalue weighted by Gasteiger charge is -2.29. The summed E-state index contributed by atoms with van der Waals surface area (Å²) in [5.74, 6) is 1.24. The van der Waals surface area contributed by atoms with Crippen molar-refractivity contribution < 1.29 is 38.1 Å². The van der Waals surface area contributed by atoms with Crippen LogP contribution >= 0.6 is 0 Å². The first-order valence-corrected chi connectivity index (χ1v) is 17.2. The molecule has 0 amide bonds. The Labute approximate surface area is 286 Å². The summed E-state index contributed by atoms with van der Waals surface area (Å²) in [4.78, 5) is 36.5. The highest BCUT2D eigenvalue weighted by atomic mass is 16.5. The average molecular weight is 661 g/mol. The van der Waals surface area contributed by atoms with Gasteiger partial charge in [0.15, 0.2) is 0 Å². The molecular weight excluding hydrogens is 608 g/mol. The second-order valence-corrected chi connectivity index (χ2v) is 12.3. The summed E-state index contributed by atoms with van der Waals surface area (Å²) in [5, 5.41) is 0. The molecule has 48 heavy (non-hydrogen) atoms. The Morgan fingerprint density at radius 2 is 1.48 bits per heavy atom. The molecule has 0 radical (unpaired) electrons. The summed E-state index contributed by atoms with van der Waals surface area (Å²) in [5.41, 5.74) is 2.02. The van der Waals surface area contributed by atoms with Gasteiger partial charge in [0.05, 0.1) is 38.6 Å². The van der Waals surface area contributed by atoms with Gasteiger partial charge in [0.1, 0.15) is 11.5 Å². The Morgan fingerprint density at radius 1 is 0.833 bits per heavy atom. The van der Waals surface area contributed by atoms with E-state index in [0.717, 1.165) is 67.1 Å². The molecule has 0 aromatic heterocycles. The highest BCUT2D eigenvalue weighted by Crippen LogP contribution is 2.30. The quantitative estimate of drug-likeness (QED) is 0.0431. The lowest BCUT2D eigenvalue weighted by molar-refractivity contribution is -0.142. The average Bonchev–Trinajstić information content (AvgIpc) is 3.09. The Morgan fingerprint density at radius 3 is 2.12 bits per heavy atom. The van der Waals surface area contributed by atoms with Gasteiger partial charge in [-0.05, 0) is 105 Å². The van der Waals surface area contributed by atoms with Crippen LogP contribution in [-0.2, 0) is 35.0 Å². The molecule has 260 valence electrons. The zero-order valence-electron chi connectivity index (χ0n) is 28.7. The van der Waals surface area contributed by atoms with Gasteiger partial charge >= 0.3 is 17.9 Å². The predicted octanol–water partition coefficient (Wildman–Crippen LogP) is 8.73. The van der Waals surface area contributed by atoms with E-state index in [1.54, 1.807) is 25.3 Å². The first-order valence-electron chi connectivity index (χ1n) is 17.2. The van der Waals surface area contributed by atoms with Crippen LogP contribution in [0.2, 0.25) is 0 Å². The highest BCUT2D eigenvalue weighted by Gasteiger charge is 2.22. The summed E-state index contributed by atoms with van der Waals surface area (Å²) < 4.78 is 27.1. The van der Waals surface area contributed by atoms with E-state index in [0.29, 0.717) is 25.2 Å². The minimum absolute atomic E-state index is 0.0450. The van der Waals surface area contributed by atoms with Crippen LogP contribution in [0.4, 0.5) is 0 Å². The number of methoxy groups -OCH3 is 1. The van der Waals surface area contributed by atoms with Gasteiger partial charge in [0.2, 0.25) is 0 Å². The first-order chi connectivity index (χ1) is 23.2. The summed E-state index contributed by atoms with van der Waals surface area (Å²) >= 11 is 0. The van der Waals surface area contributed by atoms with Crippen molar-refractivity contribution >= 4 is 24.0 Å². The van der Waals surface area contributed by atoms with Crippen LogP contribution in [0.25, 0.3) is 6.08 Å². The van der Waals surface area contributed by atoms with Gasteiger partial charge < -0.3 is 23.7 Å². The Bertz CT molecular complexity index is 1330. The SMILES string of the molecule is C=C(CCc1ccc(OC(=O)CC(=C)C(=O)OCCCCCCOC(=O)C=Cc2ccc(OC)cc2)cc1)OC1CCC(CCC)CC1. The van der Waals surface area contributed by atoms with E-state index in [1.807, 2.05) is 36.4 Å². The fraction of sp³-hybridized carbons (Fsp3) is 0.475. The maximum atomic E-state index is 12.4. The molecule has 0 saturated heterocycles. The molecule has 8 heteroatoms. The molecule has 0 N–H and O–H groups in total. The lowest BCUT2D eigenvalue weighted by atomic mass is 9.84. The number of ether oxygens (including phenoxy) is 5. The molecule has 1 fully saturated rings. The molecule has 0 bridgehead atoms. The van der Waals surface area contributed by atoms with Crippen molar-refractivity contribution in [1.82, 2.24) is 0 Å². The molecule has 2 aromatic rings. The first kappa shape index (κ1) is 38.1. The lowest BCUT2D eigenvalue weighted by Crippen LogP contribution is -2.21. The standard InChI is InChI=1S/C40H52O8/c1-5-10-32-15-22-36(23-16-32)47-31(3)11-12-33-17-24-37(25-18-33)48-39(42)29-30(2)40(43)46-28-9-7-6-8-27-45-38(41)26-19-34-13-20-35(44-4)21-14-34/h13-14,17-21,24-26,32,36H,2-3,5-12,15-16,22-23,27-29H2,1,4H3. The number of carbonyl (C=O) groups is 3. The van der Waals surface area contributed by atoms with E-state index in [9.17, 15) is 14.4 Å². The van der Waals surface area contributed by atoms with E-state index in [1.165, 1.54) is 31.8 Å². The van der Waals surface area contributed by atoms with Crippen LogP contribution in [0, 0.1) is 5.92 Å². The van der Waals surface area contributed by atoms with Crippen molar-refractivity contribution in [2.24, 2.45) is 5.92 Å². The Hall–Kier alpha value is -4.33. The van der Waals surface area contributed by atoms with Crippen LogP contribution in [0.1, 0.15) is 95.1 Å². The van der Waals surface area contributed by atoms with Gasteiger partial charge in [-0.25, -0.2) is 9.59 Å². The smallest absolute Gasteiger partial charge is 0.333 e. The zero-order chi connectivity index (χ0) is 34.6. The van der Waals surface area contributed by atoms with Crippen molar-refractivity contribution in [3.05, 3.63) is 90.2 Å². The normalized spacial score (nSPS) is 15.8. The largest absolute Gasteiger partial charge is 0.497 e. The van der Waals surface area contributed by atoms with Crippen LogP contribution in [0.15, 0.2) is 79.1 Å². The fourth-order valence-electron chi connectivity index (χ4n) is 5.59. The number of benzene rings is 2. The summed E-state index contributed by atoms with van der Waals surface area (Å²) in [6.07, 6.45) is 14.9. The molecule has 1 saturated carbocycles. The maximum Gasteiger partial charge on any atom is 0.333 e. The zero-order valence-corrected chi connectivity index (χ0v) is 28.7. The predicted molar refractivity (Wildman–Crippen MR) is 187 cm³/mol. The highest BCUT2D eigenvalue weighted by molar-refractivity contribution is 5.93. The molecule has 0 spiro atoms. The number of allylic oxidation sites excluding steroid dienone is 1. The van der Waals surface area contributed by atoms with Gasteiger partial charge in [-0.15, -0.1) is 0 Å². The molecular formula is C40H52O8. The van der Waals surface area contributed by atoms with Gasteiger partial charge in [0.25, 0.3) is 0 Å². The topological polar surface area (TPSA) is 97.4 Å². The van der Waals surface area contributed by atoms with Gasteiger partial charge in [-0.3, -0.25) is 4.79 Å².